The van der Waals surface area contributed by atoms with E-state index < -0.39 is 0 Å². The molecule has 2 aliphatic heterocycles. The molecule has 0 aliphatic carbocycles. The molecule has 0 aromatic heterocycles. The zero-order chi connectivity index (χ0) is 23.7. The number of halogens is 1. The molecule has 8 heteroatoms. The fourth-order valence-electron chi connectivity index (χ4n) is 3.52. The van der Waals surface area contributed by atoms with Crippen LogP contribution in [0.15, 0.2) is 77.4 Å². The van der Waals surface area contributed by atoms with Crippen LogP contribution in [0.5, 0.6) is 11.5 Å². The second-order valence-electron chi connectivity index (χ2n) is 7.73. The van der Waals surface area contributed by atoms with Crippen LogP contribution in [0.1, 0.15) is 21.5 Å². The fourth-order valence-corrected chi connectivity index (χ4v) is 4.56. The molecule has 0 N–H and O–H groups in total. The van der Waals surface area contributed by atoms with Crippen LogP contribution in [-0.2, 0) is 4.79 Å². The fraction of sp³-hybridized carbons (Fsp3) is 0.115. The third-order valence-corrected chi connectivity index (χ3v) is 6.51. The van der Waals surface area contributed by atoms with E-state index in [1.165, 1.54) is 16.7 Å². The number of rotatable bonds is 5. The quantitative estimate of drug-likeness (QED) is 0.337. The number of thioether (sulfide) groups is 1. The molecule has 0 fully saturated rings. The Hall–Kier alpha value is -3.55. The summed E-state index contributed by atoms with van der Waals surface area (Å²) in [7, 11) is 0. The summed E-state index contributed by atoms with van der Waals surface area (Å²) in [6, 6.07) is 19.8. The molecule has 0 bridgehead atoms. The Balaban J connectivity index is 1.43. The van der Waals surface area contributed by atoms with Crippen LogP contribution in [0.3, 0.4) is 0 Å². The van der Waals surface area contributed by atoms with E-state index in [1.54, 1.807) is 36.4 Å². The van der Waals surface area contributed by atoms with Gasteiger partial charge in [0.25, 0.3) is 5.91 Å². The first-order chi connectivity index (χ1) is 16.5. The summed E-state index contributed by atoms with van der Waals surface area (Å²) in [5, 5.41) is 1.02. The van der Waals surface area contributed by atoms with Crippen molar-refractivity contribution in [1.82, 2.24) is 0 Å². The first-order valence-electron chi connectivity index (χ1n) is 10.5. The smallest absolute Gasteiger partial charge is 0.283 e. The number of anilines is 1. The van der Waals surface area contributed by atoms with E-state index in [4.69, 9.17) is 21.1 Å². The number of aryl methyl sites for hydroxylation is 1. The van der Waals surface area contributed by atoms with Gasteiger partial charge < -0.3 is 9.47 Å². The molecule has 3 aromatic carbocycles. The average molecular weight is 491 g/mol. The summed E-state index contributed by atoms with van der Waals surface area (Å²) in [5.41, 5.74) is 3.37. The summed E-state index contributed by atoms with van der Waals surface area (Å²) < 4.78 is 10.8. The first-order valence-corrected chi connectivity index (χ1v) is 11.9. The van der Waals surface area contributed by atoms with Crippen LogP contribution in [0.2, 0.25) is 5.02 Å². The Labute approximate surface area is 205 Å². The van der Waals surface area contributed by atoms with Crippen molar-refractivity contribution in [2.75, 3.05) is 17.4 Å². The Kier molecular flexibility index (Phi) is 6.13. The van der Waals surface area contributed by atoms with Gasteiger partial charge in [0.05, 0.1) is 11.4 Å². The van der Waals surface area contributed by atoms with Crippen molar-refractivity contribution in [2.45, 2.75) is 6.92 Å². The van der Waals surface area contributed by atoms with Gasteiger partial charge in [-0.25, -0.2) is 4.99 Å². The molecule has 6 nitrogen and oxygen atoms in total. The molecule has 0 saturated carbocycles. The van der Waals surface area contributed by atoms with Crippen LogP contribution in [0, 0.1) is 6.92 Å². The average Bonchev–Trinajstić information content (AvgIpc) is 3.43. The molecule has 170 valence electrons. The third-order valence-electron chi connectivity index (χ3n) is 5.32. The van der Waals surface area contributed by atoms with Crippen molar-refractivity contribution in [2.24, 2.45) is 4.99 Å². The van der Waals surface area contributed by atoms with Gasteiger partial charge in [-0.1, -0.05) is 47.1 Å². The molecular weight excluding hydrogens is 472 g/mol. The van der Waals surface area contributed by atoms with Crippen molar-refractivity contribution in [3.63, 3.8) is 0 Å². The number of aliphatic imine (C=N–C) groups is 1. The normalized spacial score (nSPS) is 15.7. The van der Waals surface area contributed by atoms with Gasteiger partial charge >= 0.3 is 0 Å². The van der Waals surface area contributed by atoms with E-state index in [9.17, 15) is 9.59 Å². The number of ether oxygens (including phenoxy) is 2. The second-order valence-corrected chi connectivity index (χ2v) is 9.11. The van der Waals surface area contributed by atoms with Crippen molar-refractivity contribution >= 4 is 52.0 Å². The van der Waals surface area contributed by atoms with E-state index in [1.807, 2.05) is 43.3 Å². The van der Waals surface area contributed by atoms with Gasteiger partial charge in [0.15, 0.2) is 22.4 Å². The molecule has 34 heavy (non-hydrogen) atoms. The van der Waals surface area contributed by atoms with Crippen LogP contribution >= 0.6 is 23.4 Å². The minimum absolute atomic E-state index is 0.0751. The van der Waals surface area contributed by atoms with Crippen LogP contribution in [0.25, 0.3) is 6.08 Å². The van der Waals surface area contributed by atoms with Gasteiger partial charge in [-0.3, -0.25) is 14.5 Å². The summed E-state index contributed by atoms with van der Waals surface area (Å²) in [5.74, 6) is 1.09. The number of Topliss-reactive ketones (excluding diaryl/α,β-unsaturated/α-hetero) is 1. The van der Waals surface area contributed by atoms with E-state index in [0.717, 1.165) is 11.1 Å². The van der Waals surface area contributed by atoms with Gasteiger partial charge in [0.1, 0.15) is 5.70 Å². The molecule has 0 spiro atoms. The van der Waals surface area contributed by atoms with Gasteiger partial charge in [-0.15, -0.1) is 0 Å². The largest absolute Gasteiger partial charge is 0.454 e. The predicted octanol–water partition coefficient (Wildman–Crippen LogP) is 5.74. The van der Waals surface area contributed by atoms with Crippen molar-refractivity contribution in [3.8, 4) is 11.5 Å². The number of amides is 1. The highest BCUT2D eigenvalue weighted by molar-refractivity contribution is 8.14. The zero-order valence-electron chi connectivity index (χ0n) is 18.2. The standard InChI is InChI=1S/C26H19ClN2O4S/c1-16-2-9-20(10-3-16)29-25(31)21(12-17-4-11-23-24(13-17)33-15-32-23)28-26(29)34-14-22(30)18-5-7-19(27)8-6-18/h2-13H,14-15H2,1H3/b21-12+. The summed E-state index contributed by atoms with van der Waals surface area (Å²) in [6.07, 6.45) is 1.71. The number of carbonyl (C=O) groups excluding carboxylic acids is 2. The molecule has 5 rings (SSSR count). The molecule has 0 unspecified atom stereocenters. The number of hydrogen-bond donors (Lipinski definition) is 0. The molecular formula is C26H19ClN2O4S. The summed E-state index contributed by atoms with van der Waals surface area (Å²) in [4.78, 5) is 32.2. The second kappa shape index (κ2) is 9.37. The minimum atomic E-state index is -0.261. The number of benzene rings is 3. The lowest BCUT2D eigenvalue weighted by atomic mass is 10.1. The van der Waals surface area contributed by atoms with Gasteiger partial charge in [0.2, 0.25) is 6.79 Å². The molecule has 0 radical (unpaired) electrons. The number of hydrogen-bond acceptors (Lipinski definition) is 6. The maximum atomic E-state index is 13.4. The number of carbonyl (C=O) groups is 2. The van der Waals surface area contributed by atoms with Gasteiger partial charge in [0, 0.05) is 10.6 Å². The lowest BCUT2D eigenvalue weighted by Crippen LogP contribution is -2.30. The Bertz CT molecular complexity index is 1330. The molecule has 0 saturated heterocycles. The number of ketones is 1. The number of amidine groups is 1. The van der Waals surface area contributed by atoms with E-state index in [-0.39, 0.29) is 29.9 Å². The molecule has 2 heterocycles. The molecule has 0 atom stereocenters. The SMILES string of the molecule is Cc1ccc(N2C(=O)/C(=C\c3ccc4c(c3)OCO4)N=C2SCC(=O)c2ccc(Cl)cc2)cc1. The number of nitrogens with zero attached hydrogens (tertiary/aromatic N) is 2. The highest BCUT2D eigenvalue weighted by Crippen LogP contribution is 2.34. The first kappa shape index (κ1) is 22.3. The molecule has 3 aromatic rings. The Morgan fingerprint density at radius 2 is 1.79 bits per heavy atom. The van der Waals surface area contributed by atoms with Crippen LogP contribution in [-0.4, -0.2) is 29.4 Å². The topological polar surface area (TPSA) is 68.2 Å². The lowest BCUT2D eigenvalue weighted by Gasteiger charge is -2.17. The van der Waals surface area contributed by atoms with Crippen molar-refractivity contribution in [1.29, 1.82) is 0 Å². The van der Waals surface area contributed by atoms with Gasteiger partial charge in [-0.2, -0.15) is 0 Å². The molecule has 2 aliphatic rings. The Morgan fingerprint density at radius 3 is 2.56 bits per heavy atom. The van der Waals surface area contributed by atoms with E-state index in [2.05, 4.69) is 4.99 Å². The van der Waals surface area contributed by atoms with E-state index in [0.29, 0.717) is 32.9 Å². The van der Waals surface area contributed by atoms with E-state index >= 15 is 0 Å². The number of fused-ring (bicyclic) bond motifs is 1. The predicted molar refractivity (Wildman–Crippen MR) is 135 cm³/mol. The van der Waals surface area contributed by atoms with Crippen LogP contribution < -0.4 is 14.4 Å². The maximum Gasteiger partial charge on any atom is 0.283 e. The third kappa shape index (κ3) is 4.58. The maximum absolute atomic E-state index is 13.4. The van der Waals surface area contributed by atoms with Crippen molar-refractivity contribution < 1.29 is 19.1 Å². The zero-order valence-corrected chi connectivity index (χ0v) is 19.7. The monoisotopic (exact) mass is 490 g/mol. The molecule has 1 amide bonds. The highest BCUT2D eigenvalue weighted by Gasteiger charge is 2.32. The summed E-state index contributed by atoms with van der Waals surface area (Å²) in [6.45, 7) is 2.16. The highest BCUT2D eigenvalue weighted by atomic mass is 35.5. The summed E-state index contributed by atoms with van der Waals surface area (Å²) >= 11 is 7.15. The van der Waals surface area contributed by atoms with Crippen LogP contribution in [0.4, 0.5) is 5.69 Å². The minimum Gasteiger partial charge on any atom is -0.454 e. The van der Waals surface area contributed by atoms with Gasteiger partial charge in [-0.05, 0) is 67.1 Å². The van der Waals surface area contributed by atoms with Crippen molar-refractivity contribution in [3.05, 3.63) is 94.1 Å². The lowest BCUT2D eigenvalue weighted by molar-refractivity contribution is -0.113. The Morgan fingerprint density at radius 1 is 1.06 bits per heavy atom.